The Kier molecular flexibility index (Phi) is 5.75. The molecule has 1 aliphatic rings. The Labute approximate surface area is 150 Å². The second-order valence-electron chi connectivity index (χ2n) is 5.85. The maximum atomic E-state index is 11.4. The van der Waals surface area contributed by atoms with Gasteiger partial charge < -0.3 is 19.2 Å². The number of carbonyl (C=O) groups is 1. The van der Waals surface area contributed by atoms with Crippen LogP contribution in [-0.4, -0.2) is 29.3 Å². The highest BCUT2D eigenvalue weighted by molar-refractivity contribution is 8.03. The molecule has 132 valence electrons. The van der Waals surface area contributed by atoms with E-state index in [1.807, 2.05) is 31.2 Å². The molecule has 1 aromatic carbocycles. The molecule has 2 aromatic rings. The van der Waals surface area contributed by atoms with Crippen molar-refractivity contribution in [3.8, 4) is 0 Å². The van der Waals surface area contributed by atoms with Crippen molar-refractivity contribution >= 4 is 29.5 Å². The Bertz CT molecular complexity index is 749. The molecule has 3 rings (SSSR count). The quantitative estimate of drug-likeness (QED) is 0.579. The minimum Gasteiger partial charge on any atom is -0.544 e. The van der Waals surface area contributed by atoms with Crippen molar-refractivity contribution in [3.63, 3.8) is 0 Å². The fourth-order valence-corrected chi connectivity index (χ4v) is 3.42. The van der Waals surface area contributed by atoms with Gasteiger partial charge in [-0.1, -0.05) is 19.1 Å². The Morgan fingerprint density at radius 3 is 2.56 bits per heavy atom. The largest absolute Gasteiger partial charge is 0.544 e. The SMILES string of the molecule is CCc1nnc(S/C(=C/c2ccc(N3CCCCC3)cc2)C(=O)[O-])o1. The fraction of sp³-hybridized carbons (Fsp3) is 0.389. The van der Waals surface area contributed by atoms with Crippen LogP contribution < -0.4 is 10.0 Å². The first kappa shape index (κ1) is 17.5. The van der Waals surface area contributed by atoms with E-state index in [-0.39, 0.29) is 10.1 Å². The molecule has 0 aliphatic carbocycles. The average Bonchev–Trinajstić information content (AvgIpc) is 3.10. The molecule has 0 bridgehead atoms. The molecule has 1 fully saturated rings. The lowest BCUT2D eigenvalue weighted by Gasteiger charge is -2.28. The summed E-state index contributed by atoms with van der Waals surface area (Å²) in [6, 6.07) is 7.88. The number of rotatable bonds is 6. The summed E-state index contributed by atoms with van der Waals surface area (Å²) in [5.74, 6) is -0.785. The van der Waals surface area contributed by atoms with Crippen LogP contribution in [0.25, 0.3) is 6.08 Å². The molecular weight excluding hydrogens is 338 g/mol. The first-order chi connectivity index (χ1) is 12.2. The monoisotopic (exact) mass is 358 g/mol. The van der Waals surface area contributed by atoms with Crippen molar-refractivity contribution in [2.45, 2.75) is 37.8 Å². The Morgan fingerprint density at radius 2 is 1.96 bits per heavy atom. The van der Waals surface area contributed by atoms with E-state index in [1.54, 1.807) is 6.08 Å². The van der Waals surface area contributed by atoms with E-state index in [0.717, 1.165) is 30.4 Å². The number of carboxylic acid groups (broad SMARTS) is 1. The van der Waals surface area contributed by atoms with Crippen molar-refractivity contribution in [1.29, 1.82) is 0 Å². The van der Waals surface area contributed by atoms with Crippen LogP contribution >= 0.6 is 11.8 Å². The van der Waals surface area contributed by atoms with Gasteiger partial charge in [0.15, 0.2) is 0 Å². The van der Waals surface area contributed by atoms with E-state index in [9.17, 15) is 9.90 Å². The van der Waals surface area contributed by atoms with Gasteiger partial charge in [0.1, 0.15) is 0 Å². The molecule has 0 spiro atoms. The number of hydrogen-bond acceptors (Lipinski definition) is 7. The van der Waals surface area contributed by atoms with Crippen molar-refractivity contribution in [2.24, 2.45) is 0 Å². The van der Waals surface area contributed by atoms with Gasteiger partial charge in [0.25, 0.3) is 5.22 Å². The van der Waals surface area contributed by atoms with Gasteiger partial charge in [0, 0.05) is 30.1 Å². The summed E-state index contributed by atoms with van der Waals surface area (Å²) < 4.78 is 5.35. The number of carbonyl (C=O) groups excluding carboxylic acids is 1. The molecule has 6 nitrogen and oxygen atoms in total. The lowest BCUT2D eigenvalue weighted by molar-refractivity contribution is -0.298. The second-order valence-corrected chi connectivity index (χ2v) is 6.85. The van der Waals surface area contributed by atoms with Gasteiger partial charge in [0.2, 0.25) is 5.89 Å². The highest BCUT2D eigenvalue weighted by atomic mass is 32.2. The third-order valence-electron chi connectivity index (χ3n) is 4.06. The molecule has 2 heterocycles. The van der Waals surface area contributed by atoms with Crippen LogP contribution in [0.15, 0.2) is 38.8 Å². The second kappa shape index (κ2) is 8.20. The average molecular weight is 358 g/mol. The van der Waals surface area contributed by atoms with E-state index in [1.165, 1.54) is 24.9 Å². The normalized spacial score (nSPS) is 15.4. The summed E-state index contributed by atoms with van der Waals surface area (Å²) in [6.45, 7) is 4.04. The van der Waals surface area contributed by atoms with E-state index >= 15 is 0 Å². The van der Waals surface area contributed by atoms with Crippen molar-refractivity contribution in [1.82, 2.24) is 10.2 Å². The summed E-state index contributed by atoms with van der Waals surface area (Å²) in [7, 11) is 0. The van der Waals surface area contributed by atoms with Crippen LogP contribution in [0.4, 0.5) is 5.69 Å². The van der Waals surface area contributed by atoms with E-state index in [4.69, 9.17) is 4.42 Å². The highest BCUT2D eigenvalue weighted by Gasteiger charge is 2.12. The van der Waals surface area contributed by atoms with Gasteiger partial charge in [0.05, 0.1) is 5.97 Å². The summed E-state index contributed by atoms with van der Waals surface area (Å²) in [4.78, 5) is 13.8. The highest BCUT2D eigenvalue weighted by Crippen LogP contribution is 2.28. The summed E-state index contributed by atoms with van der Waals surface area (Å²) >= 11 is 0.908. The molecule has 0 saturated carbocycles. The van der Waals surface area contributed by atoms with Gasteiger partial charge >= 0.3 is 0 Å². The molecule has 25 heavy (non-hydrogen) atoms. The van der Waals surface area contributed by atoms with Gasteiger partial charge in [-0.15, -0.1) is 10.2 Å². The molecule has 0 radical (unpaired) electrons. The van der Waals surface area contributed by atoms with Gasteiger partial charge in [-0.05, 0) is 54.8 Å². The standard InChI is InChI=1S/C18H21N3O3S/c1-2-16-19-20-18(24-16)25-15(17(22)23)12-13-6-8-14(9-7-13)21-10-4-3-5-11-21/h6-9,12H,2-5,10-11H2,1H3,(H,22,23)/p-1/b15-12+. The molecule has 1 aliphatic heterocycles. The number of aryl methyl sites for hydroxylation is 1. The first-order valence-corrected chi connectivity index (χ1v) is 9.25. The first-order valence-electron chi connectivity index (χ1n) is 8.44. The van der Waals surface area contributed by atoms with Crippen LogP contribution in [-0.2, 0) is 11.2 Å². The topological polar surface area (TPSA) is 82.3 Å². The number of thioether (sulfide) groups is 1. The number of aliphatic carboxylic acids is 1. The lowest BCUT2D eigenvalue weighted by Crippen LogP contribution is -2.29. The number of aromatic nitrogens is 2. The minimum atomic E-state index is -1.26. The number of piperidine rings is 1. The van der Waals surface area contributed by atoms with Crippen LogP contribution in [0.5, 0.6) is 0 Å². The van der Waals surface area contributed by atoms with Crippen molar-refractivity contribution in [3.05, 3.63) is 40.6 Å². The molecule has 0 atom stereocenters. The zero-order valence-corrected chi connectivity index (χ0v) is 14.9. The molecule has 0 amide bonds. The van der Waals surface area contributed by atoms with Crippen LogP contribution in [0, 0.1) is 0 Å². The van der Waals surface area contributed by atoms with E-state index in [0.29, 0.717) is 12.3 Å². The molecule has 1 saturated heterocycles. The maximum absolute atomic E-state index is 11.4. The number of hydrogen-bond donors (Lipinski definition) is 0. The number of anilines is 1. The van der Waals surface area contributed by atoms with Gasteiger partial charge in [-0.3, -0.25) is 0 Å². The van der Waals surface area contributed by atoms with Crippen molar-refractivity contribution in [2.75, 3.05) is 18.0 Å². The molecule has 7 heteroatoms. The van der Waals surface area contributed by atoms with E-state index in [2.05, 4.69) is 15.1 Å². The minimum absolute atomic E-state index is 0.0389. The van der Waals surface area contributed by atoms with Crippen LogP contribution in [0.3, 0.4) is 0 Å². The molecule has 0 unspecified atom stereocenters. The third kappa shape index (κ3) is 4.63. The summed E-state index contributed by atoms with van der Waals surface area (Å²) in [5.41, 5.74) is 1.96. The molecule has 1 aromatic heterocycles. The lowest BCUT2D eigenvalue weighted by atomic mass is 10.1. The summed E-state index contributed by atoms with van der Waals surface area (Å²) in [6.07, 6.45) is 5.90. The number of benzene rings is 1. The number of nitrogens with zero attached hydrogens (tertiary/aromatic N) is 3. The number of carboxylic acids is 1. The van der Waals surface area contributed by atoms with Gasteiger partial charge in [-0.2, -0.15) is 0 Å². The predicted octanol–water partition coefficient (Wildman–Crippen LogP) is 2.51. The Balaban J connectivity index is 1.74. The van der Waals surface area contributed by atoms with E-state index < -0.39 is 5.97 Å². The van der Waals surface area contributed by atoms with Gasteiger partial charge in [-0.25, -0.2) is 0 Å². The maximum Gasteiger partial charge on any atom is 0.281 e. The predicted molar refractivity (Wildman–Crippen MR) is 95.0 cm³/mol. The smallest absolute Gasteiger partial charge is 0.281 e. The van der Waals surface area contributed by atoms with Crippen LogP contribution in [0.2, 0.25) is 0 Å². The Morgan fingerprint density at radius 1 is 1.24 bits per heavy atom. The Hall–Kier alpha value is -2.28. The molecule has 0 N–H and O–H groups in total. The molecular formula is C18H20N3O3S-. The summed E-state index contributed by atoms with van der Waals surface area (Å²) in [5, 5.41) is 19.3. The van der Waals surface area contributed by atoms with Crippen LogP contribution in [0.1, 0.15) is 37.6 Å². The zero-order chi connectivity index (χ0) is 17.6. The third-order valence-corrected chi connectivity index (χ3v) is 4.91. The zero-order valence-electron chi connectivity index (χ0n) is 14.1. The fourth-order valence-electron chi connectivity index (χ4n) is 2.73. The van der Waals surface area contributed by atoms with Crippen molar-refractivity contribution < 1.29 is 14.3 Å².